The summed E-state index contributed by atoms with van der Waals surface area (Å²) in [6.45, 7) is 1.39. The smallest absolute Gasteiger partial charge is 0.306 e. The molecule has 0 aliphatic rings. The van der Waals surface area contributed by atoms with Gasteiger partial charge >= 0.3 is 5.97 Å². The number of hydrogen-bond acceptors (Lipinski definition) is 6. The number of rotatable bonds is 7. The molecule has 6 nitrogen and oxygen atoms in total. The molecule has 1 amide bonds. The van der Waals surface area contributed by atoms with E-state index in [0.717, 1.165) is 0 Å². The number of benzene rings is 1. The van der Waals surface area contributed by atoms with Crippen LogP contribution in [0.4, 0.5) is 5.13 Å². The van der Waals surface area contributed by atoms with Crippen LogP contribution in [0.25, 0.3) is 0 Å². The maximum absolute atomic E-state index is 11.9. The zero-order valence-electron chi connectivity index (χ0n) is 12.9. The van der Waals surface area contributed by atoms with Gasteiger partial charge in [-0.05, 0) is 24.3 Å². The lowest BCUT2D eigenvalue weighted by molar-refractivity contribution is -0.145. The molecule has 0 atom stereocenters. The van der Waals surface area contributed by atoms with Crippen molar-refractivity contribution in [3.05, 3.63) is 45.9 Å². The largest absolute Gasteiger partial charge is 0.459 e. The average molecular weight is 367 g/mol. The standard InChI is InChI=1S/C16H15ClN2O4S/c1-10(20)18-16-19-13(9-24-16)8-23-15(22)7-6-14(21)11-2-4-12(17)5-3-11/h2-5,9H,6-8H2,1H3,(H,18,19,20). The van der Waals surface area contributed by atoms with Crippen LogP contribution in [0.15, 0.2) is 29.6 Å². The van der Waals surface area contributed by atoms with Gasteiger partial charge in [-0.25, -0.2) is 4.98 Å². The number of ketones is 1. The Balaban J connectivity index is 1.75. The molecule has 0 radical (unpaired) electrons. The fraction of sp³-hybridized carbons (Fsp3) is 0.250. The normalized spacial score (nSPS) is 10.2. The first-order valence-electron chi connectivity index (χ1n) is 7.10. The summed E-state index contributed by atoms with van der Waals surface area (Å²) in [5.74, 6) is -0.842. The van der Waals surface area contributed by atoms with Crippen LogP contribution in [-0.2, 0) is 20.9 Å². The molecule has 0 saturated heterocycles. The van der Waals surface area contributed by atoms with Crippen molar-refractivity contribution in [1.82, 2.24) is 4.98 Å². The van der Waals surface area contributed by atoms with Gasteiger partial charge < -0.3 is 10.1 Å². The SMILES string of the molecule is CC(=O)Nc1nc(COC(=O)CCC(=O)c2ccc(Cl)cc2)cs1. The highest BCUT2D eigenvalue weighted by Crippen LogP contribution is 2.16. The molecule has 126 valence electrons. The fourth-order valence-electron chi connectivity index (χ4n) is 1.80. The lowest BCUT2D eigenvalue weighted by Crippen LogP contribution is -2.09. The maximum Gasteiger partial charge on any atom is 0.306 e. The number of amides is 1. The van der Waals surface area contributed by atoms with E-state index in [4.69, 9.17) is 16.3 Å². The average Bonchev–Trinajstić information content (AvgIpc) is 2.98. The second-order valence-electron chi connectivity index (χ2n) is 4.92. The van der Waals surface area contributed by atoms with Crippen LogP contribution in [0.1, 0.15) is 35.8 Å². The summed E-state index contributed by atoms with van der Waals surface area (Å²) in [4.78, 5) is 38.6. The van der Waals surface area contributed by atoms with Crippen molar-refractivity contribution in [2.75, 3.05) is 5.32 Å². The summed E-state index contributed by atoms with van der Waals surface area (Å²) in [5.41, 5.74) is 1.05. The Bertz CT molecular complexity index is 743. The molecular formula is C16H15ClN2O4S. The summed E-state index contributed by atoms with van der Waals surface area (Å²) in [6.07, 6.45) is 0.0544. The van der Waals surface area contributed by atoms with Crippen molar-refractivity contribution in [3.8, 4) is 0 Å². The highest BCUT2D eigenvalue weighted by Gasteiger charge is 2.11. The topological polar surface area (TPSA) is 85.4 Å². The van der Waals surface area contributed by atoms with Crippen LogP contribution in [0.3, 0.4) is 0 Å². The Kier molecular flexibility index (Phi) is 6.45. The van der Waals surface area contributed by atoms with Gasteiger partial charge in [0, 0.05) is 29.3 Å². The molecule has 24 heavy (non-hydrogen) atoms. The molecule has 0 fully saturated rings. The number of carbonyl (C=O) groups excluding carboxylic acids is 3. The van der Waals surface area contributed by atoms with E-state index in [0.29, 0.717) is 21.4 Å². The number of nitrogens with one attached hydrogen (secondary N) is 1. The lowest BCUT2D eigenvalue weighted by Gasteiger charge is -2.03. The predicted octanol–water partition coefficient (Wildman–Crippen LogP) is 3.46. The third-order valence-electron chi connectivity index (χ3n) is 2.94. The molecule has 0 spiro atoms. The van der Waals surface area contributed by atoms with E-state index in [-0.39, 0.29) is 31.1 Å². The van der Waals surface area contributed by atoms with E-state index in [2.05, 4.69) is 10.3 Å². The third-order valence-corrected chi connectivity index (χ3v) is 4.00. The minimum absolute atomic E-state index is 0.00402. The van der Waals surface area contributed by atoms with Crippen LogP contribution >= 0.6 is 22.9 Å². The summed E-state index contributed by atoms with van der Waals surface area (Å²) in [5, 5.41) is 5.24. The number of hydrogen-bond donors (Lipinski definition) is 1. The van der Waals surface area contributed by atoms with Gasteiger partial charge in [0.1, 0.15) is 6.61 Å². The van der Waals surface area contributed by atoms with E-state index < -0.39 is 5.97 Å². The minimum atomic E-state index is -0.480. The molecule has 0 unspecified atom stereocenters. The molecule has 0 saturated carbocycles. The number of halogens is 1. The lowest BCUT2D eigenvalue weighted by atomic mass is 10.1. The van der Waals surface area contributed by atoms with Crippen LogP contribution < -0.4 is 5.32 Å². The number of carbonyl (C=O) groups is 3. The van der Waals surface area contributed by atoms with Crippen molar-refractivity contribution >= 4 is 45.7 Å². The van der Waals surface area contributed by atoms with E-state index >= 15 is 0 Å². The molecule has 0 bridgehead atoms. The second kappa shape index (κ2) is 8.56. The number of esters is 1. The predicted molar refractivity (Wildman–Crippen MR) is 91.2 cm³/mol. The summed E-state index contributed by atoms with van der Waals surface area (Å²) in [6, 6.07) is 6.49. The molecule has 2 aromatic rings. The van der Waals surface area contributed by atoms with Gasteiger partial charge in [-0.3, -0.25) is 14.4 Å². The van der Waals surface area contributed by atoms with Crippen LogP contribution in [-0.4, -0.2) is 22.6 Å². The van der Waals surface area contributed by atoms with Gasteiger partial charge in [-0.15, -0.1) is 11.3 Å². The Labute approximate surface area is 147 Å². The molecule has 1 aromatic carbocycles. The molecule has 1 aromatic heterocycles. The second-order valence-corrected chi connectivity index (χ2v) is 6.21. The van der Waals surface area contributed by atoms with Gasteiger partial charge in [0.2, 0.25) is 5.91 Å². The number of ether oxygens (including phenoxy) is 1. The molecule has 8 heteroatoms. The van der Waals surface area contributed by atoms with Gasteiger partial charge in [0.25, 0.3) is 0 Å². The first-order chi connectivity index (χ1) is 11.4. The monoisotopic (exact) mass is 366 g/mol. The zero-order chi connectivity index (χ0) is 17.5. The van der Waals surface area contributed by atoms with Crippen LogP contribution in [0.5, 0.6) is 0 Å². The summed E-state index contributed by atoms with van der Waals surface area (Å²) >= 11 is 7.01. The van der Waals surface area contributed by atoms with E-state index in [1.165, 1.54) is 18.3 Å². The highest BCUT2D eigenvalue weighted by molar-refractivity contribution is 7.13. The summed E-state index contributed by atoms with van der Waals surface area (Å²) in [7, 11) is 0. The van der Waals surface area contributed by atoms with Gasteiger partial charge in [-0.2, -0.15) is 0 Å². The van der Waals surface area contributed by atoms with Crippen molar-refractivity contribution in [1.29, 1.82) is 0 Å². The molecule has 2 rings (SSSR count). The molecule has 0 aliphatic carbocycles. The first-order valence-corrected chi connectivity index (χ1v) is 8.36. The number of anilines is 1. The number of aromatic nitrogens is 1. The molecule has 1 N–H and O–H groups in total. The van der Waals surface area contributed by atoms with Gasteiger partial charge in [0.15, 0.2) is 10.9 Å². The van der Waals surface area contributed by atoms with Gasteiger partial charge in [0.05, 0.1) is 12.1 Å². The van der Waals surface area contributed by atoms with Crippen molar-refractivity contribution in [2.24, 2.45) is 0 Å². The quantitative estimate of drug-likeness (QED) is 0.599. The van der Waals surface area contributed by atoms with Crippen molar-refractivity contribution in [2.45, 2.75) is 26.4 Å². The van der Waals surface area contributed by atoms with Gasteiger partial charge in [-0.1, -0.05) is 11.6 Å². The number of thiazole rings is 1. The number of Topliss-reactive ketones (excluding diaryl/α,β-unsaturated/α-hetero) is 1. The van der Waals surface area contributed by atoms with E-state index in [1.54, 1.807) is 29.6 Å². The molecule has 0 aliphatic heterocycles. The Hall–Kier alpha value is -2.25. The van der Waals surface area contributed by atoms with Crippen molar-refractivity contribution < 1.29 is 19.1 Å². The van der Waals surface area contributed by atoms with Crippen molar-refractivity contribution in [3.63, 3.8) is 0 Å². The van der Waals surface area contributed by atoms with Crippen LogP contribution in [0.2, 0.25) is 5.02 Å². The Morgan fingerprint density at radius 2 is 1.92 bits per heavy atom. The highest BCUT2D eigenvalue weighted by atomic mass is 35.5. The minimum Gasteiger partial charge on any atom is -0.459 e. The fourth-order valence-corrected chi connectivity index (χ4v) is 2.67. The number of nitrogens with zero attached hydrogens (tertiary/aromatic N) is 1. The van der Waals surface area contributed by atoms with E-state index in [1.807, 2.05) is 0 Å². The third kappa shape index (κ3) is 5.75. The zero-order valence-corrected chi connectivity index (χ0v) is 14.4. The Morgan fingerprint density at radius 3 is 2.58 bits per heavy atom. The first kappa shape index (κ1) is 18.1. The molecular weight excluding hydrogens is 352 g/mol. The maximum atomic E-state index is 11.9. The Morgan fingerprint density at radius 1 is 1.21 bits per heavy atom. The van der Waals surface area contributed by atoms with Crippen LogP contribution in [0, 0.1) is 0 Å². The van der Waals surface area contributed by atoms with E-state index in [9.17, 15) is 14.4 Å². The molecule has 1 heterocycles. The summed E-state index contributed by atoms with van der Waals surface area (Å²) < 4.78 is 5.07.